The van der Waals surface area contributed by atoms with Crippen LogP contribution in [0, 0.1) is 17.6 Å². The fraction of sp³-hybridized carbons (Fsp3) is 0.286. The number of morpholine rings is 1. The van der Waals surface area contributed by atoms with Crippen LogP contribution >= 0.6 is 0 Å². The number of amides is 3. The first-order chi connectivity index (χ1) is 27.1. The highest BCUT2D eigenvalue weighted by molar-refractivity contribution is 6.04. The van der Waals surface area contributed by atoms with Gasteiger partial charge in [0.15, 0.2) is 0 Å². The molecule has 0 bridgehead atoms. The van der Waals surface area contributed by atoms with Crippen LogP contribution in [-0.4, -0.2) is 74.4 Å². The number of benzene rings is 2. The zero-order chi connectivity index (χ0) is 38.9. The second-order valence-electron chi connectivity index (χ2n) is 14.4. The van der Waals surface area contributed by atoms with Crippen molar-refractivity contribution < 1.29 is 27.9 Å². The van der Waals surface area contributed by atoms with E-state index in [4.69, 9.17) is 10.5 Å². The van der Waals surface area contributed by atoms with Crippen molar-refractivity contribution in [1.82, 2.24) is 24.3 Å². The molecular weight excluding hydrogens is 721 g/mol. The van der Waals surface area contributed by atoms with Crippen molar-refractivity contribution >= 4 is 29.2 Å². The SMILES string of the molecule is Nc1ncc(-c2ccc(CN3C(=O)CC[C@H]3C(=O)N3CCOCC3)cc2)cc1-c1ccc(NC(=O)c2cn(CC3CC3)cc(-c3ccc(F)cn3)c2=O)cc1F. The zero-order valence-electron chi connectivity index (χ0n) is 30.4. The molecule has 1 saturated carbocycles. The van der Waals surface area contributed by atoms with E-state index in [0.717, 1.165) is 36.2 Å². The number of ether oxygens (including phenoxy) is 1. The maximum Gasteiger partial charge on any atom is 0.261 e. The summed E-state index contributed by atoms with van der Waals surface area (Å²) < 4.78 is 36.5. The van der Waals surface area contributed by atoms with Gasteiger partial charge >= 0.3 is 0 Å². The number of nitrogens with one attached hydrogen (secondary N) is 1. The quantitative estimate of drug-likeness (QED) is 0.189. The third kappa shape index (κ3) is 7.78. The van der Waals surface area contributed by atoms with E-state index in [1.165, 1.54) is 30.5 Å². The third-order valence-electron chi connectivity index (χ3n) is 10.5. The Labute approximate surface area is 320 Å². The first-order valence-corrected chi connectivity index (χ1v) is 18.6. The van der Waals surface area contributed by atoms with E-state index < -0.39 is 29.0 Å². The Balaban J connectivity index is 0.985. The number of pyridine rings is 3. The molecule has 286 valence electrons. The number of nitrogens with zero attached hydrogens (tertiary/aromatic N) is 5. The van der Waals surface area contributed by atoms with Crippen molar-refractivity contribution in [3.05, 3.63) is 118 Å². The third-order valence-corrected chi connectivity index (χ3v) is 10.5. The van der Waals surface area contributed by atoms with Crippen LogP contribution in [0.1, 0.15) is 41.6 Å². The molecule has 56 heavy (non-hydrogen) atoms. The van der Waals surface area contributed by atoms with Gasteiger partial charge in [-0.15, -0.1) is 0 Å². The molecule has 14 heteroatoms. The highest BCUT2D eigenvalue weighted by atomic mass is 19.1. The van der Waals surface area contributed by atoms with Gasteiger partial charge in [0.2, 0.25) is 17.2 Å². The van der Waals surface area contributed by atoms with Crippen LogP contribution in [0.25, 0.3) is 33.5 Å². The van der Waals surface area contributed by atoms with Crippen LogP contribution in [0.4, 0.5) is 20.3 Å². The van der Waals surface area contributed by atoms with Gasteiger partial charge in [0, 0.05) is 73.6 Å². The minimum absolute atomic E-state index is 0.0432. The number of hydrogen-bond donors (Lipinski definition) is 2. The van der Waals surface area contributed by atoms with Crippen molar-refractivity contribution in [2.24, 2.45) is 5.92 Å². The number of rotatable bonds is 10. The van der Waals surface area contributed by atoms with Crippen molar-refractivity contribution in [1.29, 1.82) is 0 Å². The minimum atomic E-state index is -0.726. The lowest BCUT2D eigenvalue weighted by Crippen LogP contribution is -2.50. The van der Waals surface area contributed by atoms with Gasteiger partial charge in [-0.25, -0.2) is 13.8 Å². The van der Waals surface area contributed by atoms with Crippen LogP contribution in [-0.2, 0) is 27.4 Å². The molecule has 5 aromatic rings. The Bertz CT molecular complexity index is 2380. The molecule has 5 heterocycles. The van der Waals surface area contributed by atoms with Crippen molar-refractivity contribution in [2.75, 3.05) is 37.4 Å². The Kier molecular flexibility index (Phi) is 10.1. The second-order valence-corrected chi connectivity index (χ2v) is 14.4. The van der Waals surface area contributed by atoms with Crippen molar-refractivity contribution in [2.45, 2.75) is 44.8 Å². The average molecular weight is 760 g/mol. The molecule has 3 aromatic heterocycles. The largest absolute Gasteiger partial charge is 0.383 e. The van der Waals surface area contributed by atoms with Gasteiger partial charge in [-0.2, -0.15) is 0 Å². The number of anilines is 2. The van der Waals surface area contributed by atoms with Gasteiger partial charge in [0.25, 0.3) is 5.91 Å². The molecule has 1 aliphatic carbocycles. The summed E-state index contributed by atoms with van der Waals surface area (Å²) in [7, 11) is 0. The van der Waals surface area contributed by atoms with Crippen LogP contribution in [0.2, 0.25) is 0 Å². The summed E-state index contributed by atoms with van der Waals surface area (Å²) in [5, 5.41) is 2.64. The number of likely N-dealkylation sites (tertiary alicyclic amines) is 1. The maximum atomic E-state index is 15.8. The van der Waals surface area contributed by atoms with E-state index in [1.54, 1.807) is 32.8 Å². The first-order valence-electron chi connectivity index (χ1n) is 18.6. The lowest BCUT2D eigenvalue weighted by molar-refractivity contribution is -0.144. The van der Waals surface area contributed by atoms with Crippen LogP contribution < -0.4 is 16.5 Å². The zero-order valence-corrected chi connectivity index (χ0v) is 30.4. The molecule has 3 fully saturated rings. The molecule has 1 atom stereocenters. The Morgan fingerprint density at radius 2 is 1.64 bits per heavy atom. The molecule has 0 spiro atoms. The number of carbonyl (C=O) groups excluding carboxylic acids is 3. The second kappa shape index (κ2) is 15.5. The summed E-state index contributed by atoms with van der Waals surface area (Å²) in [4.78, 5) is 64.8. The first kappa shape index (κ1) is 36.7. The van der Waals surface area contributed by atoms with Gasteiger partial charge in [0.1, 0.15) is 29.1 Å². The average Bonchev–Trinajstić information content (AvgIpc) is 3.96. The van der Waals surface area contributed by atoms with Crippen molar-refractivity contribution in [3.8, 4) is 33.5 Å². The van der Waals surface area contributed by atoms with Gasteiger partial charge in [0.05, 0.1) is 30.7 Å². The Hall–Kier alpha value is -6.28. The molecule has 8 rings (SSSR count). The minimum Gasteiger partial charge on any atom is -0.383 e. The van der Waals surface area contributed by atoms with Gasteiger partial charge in [-0.05, 0) is 72.7 Å². The molecule has 3 amide bonds. The molecule has 3 aliphatic rings. The number of nitrogen functional groups attached to an aromatic ring is 1. The predicted molar refractivity (Wildman–Crippen MR) is 205 cm³/mol. The van der Waals surface area contributed by atoms with Crippen molar-refractivity contribution in [3.63, 3.8) is 0 Å². The predicted octanol–water partition coefficient (Wildman–Crippen LogP) is 5.51. The van der Waals surface area contributed by atoms with E-state index in [0.29, 0.717) is 69.3 Å². The monoisotopic (exact) mass is 759 g/mol. The Morgan fingerprint density at radius 1 is 0.857 bits per heavy atom. The molecule has 2 aromatic carbocycles. The van der Waals surface area contributed by atoms with Gasteiger partial charge in [-0.3, -0.25) is 24.2 Å². The van der Waals surface area contributed by atoms with E-state index in [9.17, 15) is 23.6 Å². The van der Waals surface area contributed by atoms with Crippen LogP contribution in [0.3, 0.4) is 0 Å². The van der Waals surface area contributed by atoms with Gasteiger partial charge in [-0.1, -0.05) is 24.3 Å². The topological polar surface area (TPSA) is 153 Å². The fourth-order valence-electron chi connectivity index (χ4n) is 7.26. The molecule has 12 nitrogen and oxygen atoms in total. The molecule has 3 N–H and O–H groups in total. The number of aromatic nitrogens is 3. The number of carbonyl (C=O) groups is 3. The van der Waals surface area contributed by atoms with E-state index in [2.05, 4.69) is 15.3 Å². The normalized spacial score (nSPS) is 17.0. The summed E-state index contributed by atoms with van der Waals surface area (Å²) in [6.45, 7) is 2.93. The highest BCUT2D eigenvalue weighted by Gasteiger charge is 2.38. The van der Waals surface area contributed by atoms with E-state index in [1.807, 2.05) is 24.3 Å². The highest BCUT2D eigenvalue weighted by Crippen LogP contribution is 2.34. The summed E-state index contributed by atoms with van der Waals surface area (Å²) >= 11 is 0. The summed E-state index contributed by atoms with van der Waals surface area (Å²) in [5.41, 5.74) is 8.84. The number of halogens is 2. The summed E-state index contributed by atoms with van der Waals surface area (Å²) in [6.07, 6.45) is 8.61. The number of hydrogen-bond acceptors (Lipinski definition) is 8. The Morgan fingerprint density at radius 3 is 2.36 bits per heavy atom. The lowest BCUT2D eigenvalue weighted by atomic mass is 9.99. The maximum absolute atomic E-state index is 15.8. The smallest absolute Gasteiger partial charge is 0.261 e. The van der Waals surface area contributed by atoms with E-state index >= 15 is 4.39 Å². The van der Waals surface area contributed by atoms with Crippen LogP contribution in [0.5, 0.6) is 0 Å². The van der Waals surface area contributed by atoms with Gasteiger partial charge < -0.3 is 30.2 Å². The standard InChI is InChI=1S/C42H39F2N7O5/c43-29-7-10-36(46-20-29)33-23-49(21-25-1-2-25)24-34(39(33)53)41(54)48-30-8-9-31(35(44)18-30)32-17-28(19-47-40(32)45)27-5-3-26(4-6-27)22-51-37(11-12-38(51)52)42(55)50-13-15-56-16-14-50/h3-10,17-20,23-25,37H,1-2,11-16,21-22H2,(H2,45,47)(H,48,54)/t37-/m0/s1. The molecule has 2 saturated heterocycles. The molecular formula is C42H39F2N7O5. The fourth-order valence-corrected chi connectivity index (χ4v) is 7.26. The summed E-state index contributed by atoms with van der Waals surface area (Å²) in [6, 6.07) is 15.5. The number of nitrogens with two attached hydrogens (primary N) is 1. The molecule has 0 unspecified atom stereocenters. The molecule has 0 radical (unpaired) electrons. The molecule has 2 aliphatic heterocycles. The van der Waals surface area contributed by atoms with Crippen LogP contribution in [0.15, 0.2) is 90.2 Å². The van der Waals surface area contributed by atoms with E-state index in [-0.39, 0.29) is 45.7 Å². The lowest BCUT2D eigenvalue weighted by Gasteiger charge is -2.32. The summed E-state index contributed by atoms with van der Waals surface area (Å²) in [5.74, 6) is -1.51.